The molecule has 0 bridgehead atoms. The number of nitrogens with zero attached hydrogens (tertiary/aromatic N) is 1. The molecule has 0 fully saturated rings. The summed E-state index contributed by atoms with van der Waals surface area (Å²) in [5, 5.41) is 3.05. The van der Waals surface area contributed by atoms with Crippen LogP contribution in [0.3, 0.4) is 0 Å². The summed E-state index contributed by atoms with van der Waals surface area (Å²) in [6, 6.07) is 0. The van der Waals surface area contributed by atoms with Gasteiger partial charge in [0.25, 0.3) is 0 Å². The molecule has 2 atom stereocenters. The molecule has 0 saturated carbocycles. The Balaban J connectivity index is 3.52. The Labute approximate surface area is 80.4 Å². The van der Waals surface area contributed by atoms with Crippen molar-refractivity contribution in [3.05, 3.63) is 0 Å². The van der Waals surface area contributed by atoms with E-state index in [-0.39, 0.29) is 5.50 Å². The Hall–Kier alpha value is -0.0800. The second kappa shape index (κ2) is 7.56. The topological polar surface area (TPSA) is 24.4 Å². The van der Waals surface area contributed by atoms with Gasteiger partial charge >= 0.3 is 0 Å². The molecule has 1 N–H and O–H groups in total. The molecule has 0 heterocycles. The molecule has 0 aromatic heterocycles. The SMILES string of the molecule is CCC(C)[C@H](Cl)N=CCCNC. The zero-order chi connectivity index (χ0) is 9.40. The Kier molecular flexibility index (Phi) is 7.51. The van der Waals surface area contributed by atoms with Crippen LogP contribution in [-0.2, 0) is 0 Å². The molecule has 0 rings (SSSR count). The van der Waals surface area contributed by atoms with Crippen LogP contribution in [0.25, 0.3) is 0 Å². The van der Waals surface area contributed by atoms with E-state index in [0.29, 0.717) is 5.92 Å². The van der Waals surface area contributed by atoms with Crippen molar-refractivity contribution in [2.24, 2.45) is 10.9 Å². The van der Waals surface area contributed by atoms with Gasteiger partial charge in [-0.05, 0) is 25.9 Å². The fourth-order valence-corrected chi connectivity index (χ4v) is 0.983. The van der Waals surface area contributed by atoms with Crippen molar-refractivity contribution in [2.75, 3.05) is 13.6 Å². The minimum Gasteiger partial charge on any atom is -0.319 e. The minimum absolute atomic E-state index is 0.0492. The summed E-state index contributed by atoms with van der Waals surface area (Å²) in [5.41, 5.74) is -0.0492. The van der Waals surface area contributed by atoms with E-state index in [1.165, 1.54) is 0 Å². The van der Waals surface area contributed by atoms with Crippen LogP contribution < -0.4 is 5.32 Å². The largest absolute Gasteiger partial charge is 0.319 e. The normalized spacial score (nSPS) is 16.7. The smallest absolute Gasteiger partial charge is 0.125 e. The summed E-state index contributed by atoms with van der Waals surface area (Å²) in [6.45, 7) is 5.21. The van der Waals surface area contributed by atoms with E-state index in [1.807, 2.05) is 13.3 Å². The first-order valence-corrected chi connectivity index (χ1v) is 4.96. The second-order valence-corrected chi connectivity index (χ2v) is 3.43. The maximum absolute atomic E-state index is 5.99. The molecule has 0 aromatic carbocycles. The number of halogens is 1. The fraction of sp³-hybridized carbons (Fsp3) is 0.889. The van der Waals surface area contributed by atoms with Gasteiger partial charge in [0.15, 0.2) is 0 Å². The molecule has 3 heteroatoms. The fourth-order valence-electron chi connectivity index (χ4n) is 0.726. The quantitative estimate of drug-likeness (QED) is 0.296. The highest BCUT2D eigenvalue weighted by Crippen LogP contribution is 2.14. The van der Waals surface area contributed by atoms with E-state index in [0.717, 1.165) is 19.4 Å². The number of hydrogen-bond acceptors (Lipinski definition) is 2. The van der Waals surface area contributed by atoms with Crippen LogP contribution >= 0.6 is 11.6 Å². The maximum Gasteiger partial charge on any atom is 0.125 e. The number of nitrogens with one attached hydrogen (secondary N) is 1. The lowest BCUT2D eigenvalue weighted by Crippen LogP contribution is -2.10. The third kappa shape index (κ3) is 5.56. The molecule has 1 unspecified atom stereocenters. The van der Waals surface area contributed by atoms with Gasteiger partial charge in [0.2, 0.25) is 0 Å². The van der Waals surface area contributed by atoms with Crippen LogP contribution in [0.4, 0.5) is 0 Å². The standard InChI is InChI=1S/C9H19ClN2/c1-4-8(2)9(10)12-7-5-6-11-3/h7-9,11H,4-6H2,1-3H3/t8?,9-/m1/s1. The van der Waals surface area contributed by atoms with Crippen LogP contribution in [0.1, 0.15) is 26.7 Å². The van der Waals surface area contributed by atoms with Crippen molar-refractivity contribution < 1.29 is 0 Å². The van der Waals surface area contributed by atoms with Crippen LogP contribution in [0.2, 0.25) is 0 Å². The molecule has 0 amide bonds. The summed E-state index contributed by atoms with van der Waals surface area (Å²) in [4.78, 5) is 4.23. The summed E-state index contributed by atoms with van der Waals surface area (Å²) in [6.07, 6.45) is 3.94. The Morgan fingerprint density at radius 2 is 2.25 bits per heavy atom. The molecule has 2 nitrogen and oxygen atoms in total. The molecule has 0 aromatic rings. The summed E-state index contributed by atoms with van der Waals surface area (Å²) >= 11 is 5.99. The Morgan fingerprint density at radius 1 is 1.58 bits per heavy atom. The van der Waals surface area contributed by atoms with Crippen molar-refractivity contribution in [1.29, 1.82) is 0 Å². The summed E-state index contributed by atoms with van der Waals surface area (Å²) in [5.74, 6) is 0.470. The van der Waals surface area contributed by atoms with E-state index in [2.05, 4.69) is 24.2 Å². The summed E-state index contributed by atoms with van der Waals surface area (Å²) < 4.78 is 0. The van der Waals surface area contributed by atoms with Gasteiger partial charge in [0.05, 0.1) is 0 Å². The van der Waals surface area contributed by atoms with Gasteiger partial charge < -0.3 is 5.32 Å². The lowest BCUT2D eigenvalue weighted by molar-refractivity contribution is 0.540. The van der Waals surface area contributed by atoms with Crippen molar-refractivity contribution in [1.82, 2.24) is 5.32 Å². The van der Waals surface area contributed by atoms with E-state index < -0.39 is 0 Å². The van der Waals surface area contributed by atoms with E-state index >= 15 is 0 Å². The Morgan fingerprint density at radius 3 is 2.75 bits per heavy atom. The van der Waals surface area contributed by atoms with Gasteiger partial charge in [0.1, 0.15) is 5.50 Å². The first kappa shape index (κ1) is 11.9. The van der Waals surface area contributed by atoms with E-state index in [9.17, 15) is 0 Å². The van der Waals surface area contributed by atoms with Gasteiger partial charge in [-0.15, -0.1) is 0 Å². The van der Waals surface area contributed by atoms with Gasteiger partial charge in [0, 0.05) is 6.21 Å². The van der Waals surface area contributed by atoms with E-state index in [4.69, 9.17) is 11.6 Å². The number of rotatable bonds is 6. The number of hydrogen-bond donors (Lipinski definition) is 1. The Bertz CT molecular complexity index is 126. The van der Waals surface area contributed by atoms with Gasteiger partial charge in [-0.3, -0.25) is 4.99 Å². The van der Waals surface area contributed by atoms with Crippen molar-refractivity contribution >= 4 is 17.8 Å². The maximum atomic E-state index is 5.99. The molecular formula is C9H19ClN2. The highest BCUT2D eigenvalue weighted by atomic mass is 35.5. The van der Waals surface area contributed by atoms with Crippen molar-refractivity contribution in [3.8, 4) is 0 Å². The van der Waals surface area contributed by atoms with Crippen LogP contribution in [0, 0.1) is 5.92 Å². The van der Waals surface area contributed by atoms with E-state index in [1.54, 1.807) is 0 Å². The second-order valence-electron chi connectivity index (χ2n) is 2.98. The highest BCUT2D eigenvalue weighted by molar-refractivity contribution is 6.20. The van der Waals surface area contributed by atoms with Gasteiger partial charge in [-0.2, -0.15) is 0 Å². The third-order valence-electron chi connectivity index (χ3n) is 1.88. The van der Waals surface area contributed by atoms with Crippen LogP contribution in [0.5, 0.6) is 0 Å². The minimum atomic E-state index is -0.0492. The first-order valence-electron chi connectivity index (χ1n) is 4.52. The number of alkyl halides is 1. The molecule has 12 heavy (non-hydrogen) atoms. The van der Waals surface area contributed by atoms with Crippen LogP contribution in [-0.4, -0.2) is 25.3 Å². The molecule has 0 saturated heterocycles. The summed E-state index contributed by atoms with van der Waals surface area (Å²) in [7, 11) is 1.93. The van der Waals surface area contributed by atoms with Crippen molar-refractivity contribution in [2.45, 2.75) is 32.2 Å². The molecule has 0 radical (unpaired) electrons. The van der Waals surface area contributed by atoms with Crippen LogP contribution in [0.15, 0.2) is 4.99 Å². The molecule has 0 spiro atoms. The average molecular weight is 191 g/mol. The zero-order valence-electron chi connectivity index (χ0n) is 8.18. The first-order chi connectivity index (χ1) is 5.72. The molecular weight excluding hydrogens is 172 g/mol. The molecule has 0 aliphatic carbocycles. The lowest BCUT2D eigenvalue weighted by atomic mass is 10.1. The third-order valence-corrected chi connectivity index (χ3v) is 2.43. The van der Waals surface area contributed by atoms with Crippen molar-refractivity contribution in [3.63, 3.8) is 0 Å². The average Bonchev–Trinajstić information content (AvgIpc) is 2.10. The molecule has 72 valence electrons. The van der Waals surface area contributed by atoms with Gasteiger partial charge in [-0.1, -0.05) is 31.9 Å². The number of aliphatic imine (C=N–C) groups is 1. The zero-order valence-corrected chi connectivity index (χ0v) is 8.93. The van der Waals surface area contributed by atoms with Gasteiger partial charge in [-0.25, -0.2) is 0 Å². The predicted octanol–water partition coefficient (Wildman–Crippen LogP) is 2.28. The highest BCUT2D eigenvalue weighted by Gasteiger charge is 2.08. The predicted molar refractivity (Wildman–Crippen MR) is 56.1 cm³/mol. The molecule has 0 aliphatic heterocycles. The monoisotopic (exact) mass is 190 g/mol. The molecule has 0 aliphatic rings. The lowest BCUT2D eigenvalue weighted by Gasteiger charge is -2.10.